The SMILES string of the molecule is CC.CC.Cc1ccc(C)c(/C=C\C(C)C)c1C=N. The van der Waals surface area contributed by atoms with Crippen LogP contribution in [0.5, 0.6) is 0 Å². The van der Waals surface area contributed by atoms with E-state index in [0.29, 0.717) is 5.92 Å². The topological polar surface area (TPSA) is 23.9 Å². The van der Waals surface area contributed by atoms with Gasteiger partial charge in [-0.25, -0.2) is 0 Å². The van der Waals surface area contributed by atoms with Crippen molar-refractivity contribution in [1.82, 2.24) is 0 Å². The second-order valence-corrected chi connectivity index (χ2v) is 4.27. The monoisotopic (exact) mass is 261 g/mol. The number of allylic oxidation sites excluding steroid dienone is 1. The third-order valence-corrected chi connectivity index (χ3v) is 2.52. The molecule has 0 aliphatic rings. The number of benzene rings is 1. The fourth-order valence-corrected chi connectivity index (χ4v) is 1.56. The van der Waals surface area contributed by atoms with Crippen LogP contribution < -0.4 is 0 Å². The summed E-state index contributed by atoms with van der Waals surface area (Å²) in [6, 6.07) is 4.19. The molecule has 0 unspecified atom stereocenters. The van der Waals surface area contributed by atoms with Crippen molar-refractivity contribution in [2.75, 3.05) is 0 Å². The maximum absolute atomic E-state index is 7.45. The van der Waals surface area contributed by atoms with Crippen LogP contribution in [0.4, 0.5) is 0 Å². The summed E-state index contributed by atoms with van der Waals surface area (Å²) < 4.78 is 0. The summed E-state index contributed by atoms with van der Waals surface area (Å²) in [5.74, 6) is 0.545. The molecule has 0 aromatic heterocycles. The minimum atomic E-state index is 0.545. The summed E-state index contributed by atoms with van der Waals surface area (Å²) >= 11 is 0. The maximum atomic E-state index is 7.45. The molecule has 0 bridgehead atoms. The molecule has 1 N–H and O–H groups in total. The van der Waals surface area contributed by atoms with Gasteiger partial charge in [0.2, 0.25) is 0 Å². The van der Waals surface area contributed by atoms with Gasteiger partial charge in [-0.15, -0.1) is 0 Å². The van der Waals surface area contributed by atoms with Crippen LogP contribution in [0.2, 0.25) is 0 Å². The van der Waals surface area contributed by atoms with Gasteiger partial charge in [0.25, 0.3) is 0 Å². The summed E-state index contributed by atoms with van der Waals surface area (Å²) in [7, 11) is 0. The molecule has 1 nitrogen and oxygen atoms in total. The average molecular weight is 261 g/mol. The Bertz CT molecular complexity index is 387. The first-order valence-electron chi connectivity index (χ1n) is 7.35. The van der Waals surface area contributed by atoms with Gasteiger partial charge in [0, 0.05) is 11.8 Å². The van der Waals surface area contributed by atoms with Gasteiger partial charge in [-0.2, -0.15) is 0 Å². The van der Waals surface area contributed by atoms with Crippen LogP contribution in [0, 0.1) is 25.2 Å². The molecule has 0 spiro atoms. The molecule has 19 heavy (non-hydrogen) atoms. The summed E-state index contributed by atoms with van der Waals surface area (Å²) in [6.07, 6.45) is 5.75. The van der Waals surface area contributed by atoms with E-state index in [2.05, 4.69) is 45.1 Å². The normalized spacial score (nSPS) is 9.53. The van der Waals surface area contributed by atoms with Gasteiger partial charge < -0.3 is 5.41 Å². The van der Waals surface area contributed by atoms with Gasteiger partial charge in [0.15, 0.2) is 0 Å². The Hall–Kier alpha value is -1.37. The number of nitrogens with one attached hydrogen (secondary N) is 1. The van der Waals surface area contributed by atoms with E-state index < -0.39 is 0 Å². The van der Waals surface area contributed by atoms with Gasteiger partial charge >= 0.3 is 0 Å². The molecule has 0 amide bonds. The van der Waals surface area contributed by atoms with E-state index in [1.807, 2.05) is 34.6 Å². The molecule has 0 saturated carbocycles. The second kappa shape index (κ2) is 11.7. The zero-order chi connectivity index (χ0) is 15.4. The van der Waals surface area contributed by atoms with Crippen LogP contribution in [-0.2, 0) is 0 Å². The van der Waals surface area contributed by atoms with E-state index in [9.17, 15) is 0 Å². The summed E-state index contributed by atoms with van der Waals surface area (Å²) in [5.41, 5.74) is 4.61. The highest BCUT2D eigenvalue weighted by atomic mass is 14.3. The highest BCUT2D eigenvalue weighted by Crippen LogP contribution is 2.19. The zero-order valence-corrected chi connectivity index (χ0v) is 14.0. The quantitative estimate of drug-likeness (QED) is 0.643. The highest BCUT2D eigenvalue weighted by molar-refractivity contribution is 5.86. The average Bonchev–Trinajstić information content (AvgIpc) is 2.44. The standard InChI is InChI=1S/C14H19N.2C2H6/c1-10(2)5-8-13-11(3)6-7-12(4)14(13)9-15;2*1-2/h5-10,15H,1-4H3;2*1-2H3/b8-5-,15-9?;;. The molecular weight excluding hydrogens is 230 g/mol. The molecule has 1 aromatic carbocycles. The fraction of sp³-hybridized carbons (Fsp3) is 0.500. The number of hydrogen-bond acceptors (Lipinski definition) is 1. The molecular formula is C18H31N. The molecule has 1 aromatic rings. The van der Waals surface area contributed by atoms with Gasteiger partial charge in [-0.3, -0.25) is 0 Å². The van der Waals surface area contributed by atoms with Crippen molar-refractivity contribution in [3.63, 3.8) is 0 Å². The predicted molar refractivity (Wildman–Crippen MR) is 90.4 cm³/mol. The van der Waals surface area contributed by atoms with Gasteiger partial charge in [-0.1, -0.05) is 65.8 Å². The van der Waals surface area contributed by atoms with E-state index in [1.165, 1.54) is 22.9 Å². The first kappa shape index (κ1) is 20.0. The number of aryl methyl sites for hydroxylation is 2. The molecule has 0 saturated heterocycles. The van der Waals surface area contributed by atoms with Crippen molar-refractivity contribution in [3.8, 4) is 0 Å². The van der Waals surface area contributed by atoms with Crippen LogP contribution in [0.1, 0.15) is 63.8 Å². The fourth-order valence-electron chi connectivity index (χ4n) is 1.56. The lowest BCUT2D eigenvalue weighted by Crippen LogP contribution is -1.94. The molecule has 1 heteroatoms. The van der Waals surface area contributed by atoms with Crippen molar-refractivity contribution in [1.29, 1.82) is 5.41 Å². The van der Waals surface area contributed by atoms with E-state index in [-0.39, 0.29) is 0 Å². The lowest BCUT2D eigenvalue weighted by molar-refractivity contribution is 0.836. The van der Waals surface area contributed by atoms with Crippen LogP contribution in [-0.4, -0.2) is 6.21 Å². The Morgan fingerprint density at radius 3 is 1.68 bits per heavy atom. The Morgan fingerprint density at radius 1 is 0.895 bits per heavy atom. The summed E-state index contributed by atoms with van der Waals surface area (Å²) in [5, 5.41) is 7.45. The molecule has 0 radical (unpaired) electrons. The predicted octanol–water partition coefficient (Wildman–Crippen LogP) is 6.02. The van der Waals surface area contributed by atoms with E-state index in [0.717, 1.165) is 5.56 Å². The van der Waals surface area contributed by atoms with E-state index in [1.54, 1.807) is 0 Å². The Morgan fingerprint density at radius 2 is 1.32 bits per heavy atom. The smallest absolute Gasteiger partial charge is 0.0259 e. The third-order valence-electron chi connectivity index (χ3n) is 2.52. The van der Waals surface area contributed by atoms with Crippen molar-refractivity contribution in [2.24, 2.45) is 5.92 Å². The first-order chi connectivity index (χ1) is 9.06. The van der Waals surface area contributed by atoms with Crippen molar-refractivity contribution >= 4 is 12.3 Å². The minimum Gasteiger partial charge on any atom is -0.308 e. The maximum Gasteiger partial charge on any atom is 0.0259 e. The summed E-state index contributed by atoms with van der Waals surface area (Å²) in [6.45, 7) is 16.5. The molecule has 0 fully saturated rings. The van der Waals surface area contributed by atoms with Crippen LogP contribution in [0.25, 0.3) is 6.08 Å². The molecule has 0 atom stereocenters. The van der Waals surface area contributed by atoms with Crippen molar-refractivity contribution in [3.05, 3.63) is 40.5 Å². The largest absolute Gasteiger partial charge is 0.308 e. The molecule has 0 aliphatic carbocycles. The first-order valence-corrected chi connectivity index (χ1v) is 7.35. The van der Waals surface area contributed by atoms with Gasteiger partial charge in [0.1, 0.15) is 0 Å². The van der Waals surface area contributed by atoms with Crippen LogP contribution in [0.3, 0.4) is 0 Å². The lowest BCUT2D eigenvalue weighted by Gasteiger charge is -2.08. The molecule has 108 valence electrons. The minimum absolute atomic E-state index is 0.545. The van der Waals surface area contributed by atoms with Gasteiger partial charge in [-0.05, 0) is 36.5 Å². The summed E-state index contributed by atoms with van der Waals surface area (Å²) in [4.78, 5) is 0. The second-order valence-electron chi connectivity index (χ2n) is 4.27. The van der Waals surface area contributed by atoms with Crippen molar-refractivity contribution < 1.29 is 0 Å². The molecule has 0 aliphatic heterocycles. The highest BCUT2D eigenvalue weighted by Gasteiger charge is 2.03. The van der Waals surface area contributed by atoms with Crippen LogP contribution in [0.15, 0.2) is 18.2 Å². The third kappa shape index (κ3) is 6.95. The molecule has 1 rings (SSSR count). The molecule has 0 heterocycles. The lowest BCUT2D eigenvalue weighted by atomic mass is 9.97. The van der Waals surface area contributed by atoms with Gasteiger partial charge in [0.05, 0.1) is 0 Å². The zero-order valence-electron chi connectivity index (χ0n) is 14.0. The number of hydrogen-bond donors (Lipinski definition) is 1. The van der Waals surface area contributed by atoms with E-state index >= 15 is 0 Å². The van der Waals surface area contributed by atoms with Crippen molar-refractivity contribution in [2.45, 2.75) is 55.4 Å². The van der Waals surface area contributed by atoms with E-state index in [4.69, 9.17) is 5.41 Å². The van der Waals surface area contributed by atoms with Crippen LogP contribution >= 0.6 is 0 Å². The number of rotatable bonds is 3. The Labute approximate surface area is 120 Å². The Kier molecular flexibility index (Phi) is 12.3. The Balaban J connectivity index is 0.